The number of unbranched alkanes of at least 4 members (excludes halogenated alkanes) is 1. The van der Waals surface area contributed by atoms with Crippen molar-refractivity contribution >= 4 is 65.0 Å². The average molecular weight is 1220 g/mol. The number of hydrogen-bond acceptors (Lipinski definition) is 18. The number of nitrogen functional groups attached to an aromatic ring is 1. The van der Waals surface area contributed by atoms with Gasteiger partial charge in [0, 0.05) is 30.4 Å². The summed E-state index contributed by atoms with van der Waals surface area (Å²) in [6.45, 7) is 13.2. The summed E-state index contributed by atoms with van der Waals surface area (Å²) in [5, 5.41) is 36.2. The molecule has 5 aromatic rings. The number of aliphatic hydroxyl groups is 2. The normalized spacial score (nSPS) is 18.0. The molecule has 1 saturated heterocycles. The van der Waals surface area contributed by atoms with Gasteiger partial charge in [-0.2, -0.15) is 9.61 Å². The number of phosphoric acid groups is 1. The lowest BCUT2D eigenvalue weighted by molar-refractivity contribution is -0.132. The SMILES string of the molecule is CC(C)CCOc1ccc2ccccc2c1-c1c(OCCNC(=O)C(CCCCNC(=O)OC(C)(C)C)NC(=O)C(CCCN=C(N)NOP(=O)(O)OC[C@H]2O[C@@H](n3ccc(N)nc3=O)[C@H](O)[C@@H]2O)NC(=O)C(N)CC(C)C)ccc2ccccc12. The standard InChI is InChI=1S/C59H84N11O15P/c1-35(2)26-31-80-44-23-21-37-15-8-10-17-39(37)48(44)49-40-18-11-9-16-38(40)22-24-45(49)81-32-29-63-53(74)42(19-12-13-27-65-58(77)84-59(5,6)7)67-54(75)43(66-52(73)41(60)33-36(3)4)20-14-28-64-56(62)69-85-86(78,79)82-34-46-50(71)51(72)55(83-46)70-30-25-47(61)68-57(70)76/h8-11,15-18,21-25,30,35-36,41-43,46,50-51,55,71-72H,12-14,19-20,26-29,31-34,60H2,1-7H3,(H,63,74)(H,65,77)(H,66,73)(H,67,75)(H,78,79)(H2,61,68,76)(H3,62,64,69)/t41?,42?,43?,46-,50-,51-,55-/m1/s1. The second kappa shape index (κ2) is 31.8. The minimum Gasteiger partial charge on any atom is -0.493 e. The van der Waals surface area contributed by atoms with Crippen LogP contribution in [0.4, 0.5) is 10.6 Å². The second-order valence-corrected chi connectivity index (χ2v) is 24.1. The number of nitrogens with two attached hydrogens (primary N) is 3. The molecule has 8 atom stereocenters. The van der Waals surface area contributed by atoms with Crippen LogP contribution in [0.3, 0.4) is 0 Å². The fraction of sp³-hybridized carbons (Fsp3) is 0.508. The van der Waals surface area contributed by atoms with E-state index in [9.17, 15) is 43.6 Å². The molecule has 4 aromatic carbocycles. The molecule has 27 heteroatoms. The molecule has 0 radical (unpaired) electrons. The lowest BCUT2D eigenvalue weighted by Crippen LogP contribution is -2.56. The van der Waals surface area contributed by atoms with Crippen LogP contribution in [0.1, 0.15) is 99.6 Å². The van der Waals surface area contributed by atoms with Gasteiger partial charge in [0.1, 0.15) is 59.9 Å². The number of benzene rings is 4. The van der Waals surface area contributed by atoms with E-state index in [1.165, 1.54) is 12.3 Å². The molecule has 2 heterocycles. The summed E-state index contributed by atoms with van der Waals surface area (Å²) in [5.74, 6) is -0.671. The Morgan fingerprint density at radius 2 is 1.37 bits per heavy atom. The monoisotopic (exact) mass is 1220 g/mol. The highest BCUT2D eigenvalue weighted by atomic mass is 31.2. The first-order valence-electron chi connectivity index (χ1n) is 28.8. The Morgan fingerprint density at radius 1 is 0.767 bits per heavy atom. The summed E-state index contributed by atoms with van der Waals surface area (Å²) in [5.41, 5.74) is 19.8. The van der Waals surface area contributed by atoms with Gasteiger partial charge in [-0.25, -0.2) is 19.6 Å². The number of alkyl carbamates (subject to hydrolysis) is 1. The third kappa shape index (κ3) is 20.4. The number of guanidine groups is 1. The molecule has 86 heavy (non-hydrogen) atoms. The van der Waals surface area contributed by atoms with Gasteiger partial charge in [0.25, 0.3) is 0 Å². The van der Waals surface area contributed by atoms with Crippen molar-refractivity contribution in [2.45, 2.75) is 142 Å². The van der Waals surface area contributed by atoms with Gasteiger partial charge in [0.2, 0.25) is 23.7 Å². The van der Waals surface area contributed by atoms with Gasteiger partial charge < -0.3 is 72.5 Å². The zero-order valence-corrected chi connectivity index (χ0v) is 50.6. The molecule has 14 N–H and O–H groups in total. The first-order chi connectivity index (χ1) is 40.8. The maximum atomic E-state index is 14.3. The Morgan fingerprint density at radius 3 is 1.99 bits per heavy atom. The number of rotatable bonds is 31. The van der Waals surface area contributed by atoms with Crippen LogP contribution in [0.5, 0.6) is 11.5 Å². The fourth-order valence-corrected chi connectivity index (χ4v) is 9.94. The van der Waals surface area contributed by atoms with Gasteiger partial charge in [0.05, 0.1) is 25.8 Å². The fourth-order valence-electron chi connectivity index (χ4n) is 9.35. The van der Waals surface area contributed by atoms with Crippen molar-refractivity contribution < 1.29 is 66.9 Å². The largest absolute Gasteiger partial charge is 0.493 e. The van der Waals surface area contributed by atoms with E-state index in [4.69, 9.17) is 45.3 Å². The van der Waals surface area contributed by atoms with Gasteiger partial charge in [-0.3, -0.25) is 28.5 Å². The summed E-state index contributed by atoms with van der Waals surface area (Å²) < 4.78 is 47.3. The van der Waals surface area contributed by atoms with Crippen LogP contribution < -0.4 is 59.1 Å². The summed E-state index contributed by atoms with van der Waals surface area (Å²) in [4.78, 5) is 84.7. The molecular formula is C59H84N11O15P. The van der Waals surface area contributed by atoms with E-state index >= 15 is 0 Å². The molecule has 470 valence electrons. The number of anilines is 1. The van der Waals surface area contributed by atoms with Crippen molar-refractivity contribution in [3.63, 3.8) is 0 Å². The topological polar surface area (TPSA) is 387 Å². The zero-order valence-electron chi connectivity index (χ0n) is 49.7. The molecule has 26 nitrogen and oxygen atoms in total. The van der Waals surface area contributed by atoms with Crippen molar-refractivity contribution in [2.24, 2.45) is 28.3 Å². The molecule has 1 fully saturated rings. The first-order valence-corrected chi connectivity index (χ1v) is 30.3. The highest BCUT2D eigenvalue weighted by Gasteiger charge is 2.45. The molecule has 0 bridgehead atoms. The van der Waals surface area contributed by atoms with Gasteiger partial charge in [-0.1, -0.05) is 88.4 Å². The van der Waals surface area contributed by atoms with Gasteiger partial charge >= 0.3 is 19.6 Å². The van der Waals surface area contributed by atoms with E-state index < -0.39 is 98.2 Å². The smallest absolute Gasteiger partial charge is 0.493 e. The van der Waals surface area contributed by atoms with Crippen molar-refractivity contribution in [3.8, 4) is 22.6 Å². The minimum absolute atomic E-state index is 0.0275. The molecule has 4 amide bonds. The number of phosphoric ester groups is 1. The summed E-state index contributed by atoms with van der Waals surface area (Å²) in [6.07, 6.45) is -3.42. The maximum Gasteiger partial charge on any atom is 0.493 e. The number of aliphatic hydroxyl groups excluding tert-OH is 2. The van der Waals surface area contributed by atoms with Gasteiger partial charge in [0.15, 0.2) is 6.23 Å². The van der Waals surface area contributed by atoms with Crippen LogP contribution in [0, 0.1) is 11.8 Å². The molecule has 4 unspecified atom stereocenters. The third-order valence-corrected chi connectivity index (χ3v) is 14.4. The number of nitrogens with one attached hydrogen (secondary N) is 5. The number of nitrogens with zero attached hydrogens (tertiary/aromatic N) is 3. The van der Waals surface area contributed by atoms with Crippen molar-refractivity contribution in [1.29, 1.82) is 0 Å². The number of amides is 4. The van der Waals surface area contributed by atoms with Gasteiger partial charge in [-0.15, -0.1) is 0 Å². The zero-order chi connectivity index (χ0) is 62.7. The van der Waals surface area contributed by atoms with Gasteiger partial charge in [-0.05, 0) is 117 Å². The van der Waals surface area contributed by atoms with Crippen LogP contribution in [0.15, 0.2) is 94.8 Å². The predicted octanol–water partition coefficient (Wildman–Crippen LogP) is 4.81. The number of aliphatic imine (C=N–C) groups is 1. The number of fused-ring (bicyclic) bond motifs is 2. The Kier molecular flexibility index (Phi) is 25.0. The molecule has 1 aliphatic rings. The van der Waals surface area contributed by atoms with Crippen molar-refractivity contribution in [2.75, 3.05) is 45.2 Å². The molecule has 1 aliphatic heterocycles. The van der Waals surface area contributed by atoms with E-state index in [1.54, 1.807) is 20.8 Å². The lowest BCUT2D eigenvalue weighted by atomic mass is 9.92. The molecule has 6 rings (SSSR count). The number of carbonyl (C=O) groups excluding carboxylic acids is 4. The number of hydrogen-bond donors (Lipinski definition) is 11. The third-order valence-electron chi connectivity index (χ3n) is 13.6. The molecule has 1 aromatic heterocycles. The lowest BCUT2D eigenvalue weighted by Gasteiger charge is -2.25. The predicted molar refractivity (Wildman–Crippen MR) is 324 cm³/mol. The van der Waals surface area contributed by atoms with Crippen LogP contribution in [-0.2, 0) is 37.6 Å². The molecule has 0 aliphatic carbocycles. The van der Waals surface area contributed by atoms with Crippen LogP contribution in [0.25, 0.3) is 32.7 Å². The second-order valence-electron chi connectivity index (χ2n) is 22.7. The van der Waals surface area contributed by atoms with E-state index in [0.717, 1.165) is 43.7 Å². The van der Waals surface area contributed by atoms with E-state index in [1.807, 2.05) is 86.1 Å². The average Bonchev–Trinajstić information content (AvgIpc) is 1.17. The summed E-state index contributed by atoms with van der Waals surface area (Å²) >= 11 is 0. The first kappa shape index (κ1) is 67.7. The number of hydroxylamine groups is 1. The molecule has 0 saturated carbocycles. The van der Waals surface area contributed by atoms with Crippen molar-refractivity contribution in [3.05, 3.63) is 95.5 Å². The van der Waals surface area contributed by atoms with Crippen LogP contribution in [0.2, 0.25) is 0 Å². The Hall–Kier alpha value is -7.42. The number of aromatic nitrogens is 2. The molecular weight excluding hydrogens is 1130 g/mol. The van der Waals surface area contributed by atoms with Crippen molar-refractivity contribution in [1.82, 2.24) is 36.3 Å². The van der Waals surface area contributed by atoms with E-state index in [2.05, 4.69) is 51.2 Å². The highest BCUT2D eigenvalue weighted by Crippen LogP contribution is 2.46. The maximum absolute atomic E-state index is 14.3. The minimum atomic E-state index is -4.99. The van der Waals surface area contributed by atoms with E-state index in [-0.39, 0.29) is 57.2 Å². The Balaban J connectivity index is 1.12. The van der Waals surface area contributed by atoms with E-state index in [0.29, 0.717) is 43.3 Å². The number of carbonyl (C=O) groups is 4. The number of ether oxygens (including phenoxy) is 4. The summed E-state index contributed by atoms with van der Waals surface area (Å²) in [6, 6.07) is 21.9. The molecule has 0 spiro atoms. The summed E-state index contributed by atoms with van der Waals surface area (Å²) in [7, 11) is -4.99. The van der Waals surface area contributed by atoms with Crippen LogP contribution >= 0.6 is 7.82 Å². The van der Waals surface area contributed by atoms with Crippen LogP contribution in [-0.4, -0.2) is 136 Å². The Labute approximate surface area is 499 Å². The quantitative estimate of drug-likeness (QED) is 0.00932. The highest BCUT2D eigenvalue weighted by molar-refractivity contribution is 7.47. The Bertz CT molecular complexity index is 3230.